The number of aryl methyl sites for hydroxylation is 2. The predicted octanol–water partition coefficient (Wildman–Crippen LogP) is 2.06. The highest BCUT2D eigenvalue weighted by molar-refractivity contribution is 5.31. The van der Waals surface area contributed by atoms with Crippen molar-refractivity contribution in [2.45, 2.75) is 26.4 Å². The fourth-order valence-corrected chi connectivity index (χ4v) is 2.27. The van der Waals surface area contributed by atoms with E-state index >= 15 is 0 Å². The average molecular weight is 249 g/mol. The minimum atomic E-state index is -0.354. The van der Waals surface area contributed by atoms with Crippen LogP contribution in [0.3, 0.4) is 0 Å². The maximum atomic E-state index is 10.2. The zero-order valence-electron chi connectivity index (χ0n) is 11.4. The van der Waals surface area contributed by atoms with Crippen molar-refractivity contribution in [1.82, 2.24) is 4.90 Å². The van der Waals surface area contributed by atoms with Gasteiger partial charge >= 0.3 is 0 Å². The van der Waals surface area contributed by atoms with Crippen molar-refractivity contribution in [1.29, 1.82) is 0 Å². The highest BCUT2D eigenvalue weighted by atomic mass is 16.5. The predicted molar refractivity (Wildman–Crippen MR) is 72.8 cm³/mol. The summed E-state index contributed by atoms with van der Waals surface area (Å²) in [6.07, 6.45) is 0.440. The lowest BCUT2D eigenvalue weighted by atomic mass is 10.0. The third-order valence-corrected chi connectivity index (χ3v) is 3.74. The Morgan fingerprint density at radius 2 is 1.94 bits per heavy atom. The van der Waals surface area contributed by atoms with E-state index in [9.17, 15) is 5.11 Å². The van der Waals surface area contributed by atoms with Crippen molar-refractivity contribution in [3.05, 3.63) is 34.9 Å². The molecule has 1 fully saturated rings. The average Bonchev–Trinajstić information content (AvgIpc) is 2.40. The van der Waals surface area contributed by atoms with Gasteiger partial charge in [0.2, 0.25) is 0 Å². The van der Waals surface area contributed by atoms with Gasteiger partial charge in [-0.1, -0.05) is 18.2 Å². The van der Waals surface area contributed by atoms with Gasteiger partial charge in [-0.15, -0.1) is 0 Å². The summed E-state index contributed by atoms with van der Waals surface area (Å²) in [5.74, 6) is 0. The summed E-state index contributed by atoms with van der Waals surface area (Å²) in [6.45, 7) is 8.74. The van der Waals surface area contributed by atoms with E-state index in [1.807, 2.05) is 6.07 Å². The van der Waals surface area contributed by atoms with Gasteiger partial charge in [-0.2, -0.15) is 0 Å². The first-order valence-corrected chi connectivity index (χ1v) is 6.72. The minimum Gasteiger partial charge on any atom is -0.388 e. The first-order chi connectivity index (χ1) is 8.66. The summed E-state index contributed by atoms with van der Waals surface area (Å²) in [5.41, 5.74) is 3.56. The van der Waals surface area contributed by atoms with E-state index in [4.69, 9.17) is 4.74 Å². The molecule has 0 spiro atoms. The molecule has 100 valence electrons. The van der Waals surface area contributed by atoms with Gasteiger partial charge in [-0.3, -0.25) is 4.90 Å². The number of rotatable bonds is 4. The van der Waals surface area contributed by atoms with Gasteiger partial charge < -0.3 is 9.84 Å². The molecule has 3 heteroatoms. The van der Waals surface area contributed by atoms with E-state index in [1.165, 1.54) is 11.1 Å². The Labute approximate surface area is 109 Å². The standard InChI is InChI=1S/C15H23NO2/c1-12-3-4-14(11-13(12)2)15(17)5-6-16-7-9-18-10-8-16/h3-4,11,15,17H,5-10H2,1-2H3. The molecule has 0 aliphatic carbocycles. The van der Waals surface area contributed by atoms with Crippen LogP contribution in [-0.4, -0.2) is 42.9 Å². The molecular formula is C15H23NO2. The lowest BCUT2D eigenvalue weighted by Gasteiger charge is -2.27. The van der Waals surface area contributed by atoms with Crippen LogP contribution in [0.25, 0.3) is 0 Å². The normalized spacial score (nSPS) is 18.8. The van der Waals surface area contributed by atoms with Crippen molar-refractivity contribution in [3.63, 3.8) is 0 Å². The van der Waals surface area contributed by atoms with E-state index in [0.29, 0.717) is 0 Å². The Bertz CT molecular complexity index is 386. The molecule has 1 aliphatic heterocycles. The molecule has 1 unspecified atom stereocenters. The molecule has 1 aliphatic rings. The molecule has 1 heterocycles. The first-order valence-electron chi connectivity index (χ1n) is 6.72. The molecule has 1 atom stereocenters. The van der Waals surface area contributed by atoms with Gasteiger partial charge in [0.1, 0.15) is 0 Å². The highest BCUT2D eigenvalue weighted by Gasteiger charge is 2.13. The second-order valence-corrected chi connectivity index (χ2v) is 5.10. The number of aliphatic hydroxyl groups is 1. The Hall–Kier alpha value is -0.900. The number of aliphatic hydroxyl groups excluding tert-OH is 1. The van der Waals surface area contributed by atoms with Crippen LogP contribution in [0.5, 0.6) is 0 Å². The SMILES string of the molecule is Cc1ccc(C(O)CCN2CCOCC2)cc1C. The number of nitrogens with zero attached hydrogens (tertiary/aromatic N) is 1. The van der Waals surface area contributed by atoms with Crippen molar-refractivity contribution < 1.29 is 9.84 Å². The van der Waals surface area contributed by atoms with Crippen LogP contribution in [0.15, 0.2) is 18.2 Å². The van der Waals surface area contributed by atoms with E-state index in [0.717, 1.165) is 44.8 Å². The summed E-state index contributed by atoms with van der Waals surface area (Å²) in [7, 11) is 0. The largest absolute Gasteiger partial charge is 0.388 e. The van der Waals surface area contributed by atoms with Crippen LogP contribution in [0.4, 0.5) is 0 Å². The fraction of sp³-hybridized carbons (Fsp3) is 0.600. The van der Waals surface area contributed by atoms with Gasteiger partial charge in [0, 0.05) is 19.6 Å². The van der Waals surface area contributed by atoms with E-state index < -0.39 is 0 Å². The first kappa shape index (κ1) is 13.5. The van der Waals surface area contributed by atoms with Gasteiger partial charge in [-0.25, -0.2) is 0 Å². The van der Waals surface area contributed by atoms with Gasteiger partial charge in [-0.05, 0) is 37.0 Å². The van der Waals surface area contributed by atoms with Crippen molar-refractivity contribution >= 4 is 0 Å². The molecule has 1 saturated heterocycles. The molecule has 0 aromatic heterocycles. The van der Waals surface area contributed by atoms with Crippen molar-refractivity contribution in [2.75, 3.05) is 32.8 Å². The fourth-order valence-electron chi connectivity index (χ4n) is 2.27. The van der Waals surface area contributed by atoms with Crippen LogP contribution in [0.2, 0.25) is 0 Å². The molecule has 2 rings (SSSR count). The number of ether oxygens (including phenoxy) is 1. The number of hydrogen-bond acceptors (Lipinski definition) is 3. The van der Waals surface area contributed by atoms with Gasteiger partial charge in [0.15, 0.2) is 0 Å². The summed E-state index contributed by atoms with van der Waals surface area (Å²) in [4.78, 5) is 2.35. The van der Waals surface area contributed by atoms with Crippen LogP contribution in [0, 0.1) is 13.8 Å². The van der Waals surface area contributed by atoms with Crippen LogP contribution in [-0.2, 0) is 4.74 Å². The highest BCUT2D eigenvalue weighted by Crippen LogP contribution is 2.20. The summed E-state index contributed by atoms with van der Waals surface area (Å²) >= 11 is 0. The second kappa shape index (κ2) is 6.32. The quantitative estimate of drug-likeness (QED) is 0.886. The van der Waals surface area contributed by atoms with Crippen LogP contribution in [0.1, 0.15) is 29.2 Å². The molecule has 0 amide bonds. The molecule has 0 saturated carbocycles. The molecule has 0 radical (unpaired) electrons. The monoisotopic (exact) mass is 249 g/mol. The second-order valence-electron chi connectivity index (χ2n) is 5.10. The number of benzene rings is 1. The Morgan fingerprint density at radius 3 is 2.61 bits per heavy atom. The maximum absolute atomic E-state index is 10.2. The number of hydrogen-bond donors (Lipinski definition) is 1. The Kier molecular flexibility index (Phi) is 4.75. The van der Waals surface area contributed by atoms with E-state index in [2.05, 4.69) is 30.9 Å². The van der Waals surface area contributed by atoms with Crippen molar-refractivity contribution in [2.24, 2.45) is 0 Å². The molecule has 1 aromatic carbocycles. The zero-order valence-corrected chi connectivity index (χ0v) is 11.4. The molecule has 1 N–H and O–H groups in total. The van der Waals surface area contributed by atoms with Crippen LogP contribution >= 0.6 is 0 Å². The zero-order chi connectivity index (χ0) is 13.0. The summed E-state index contributed by atoms with van der Waals surface area (Å²) in [5, 5.41) is 10.2. The maximum Gasteiger partial charge on any atom is 0.0802 e. The topological polar surface area (TPSA) is 32.7 Å². The van der Waals surface area contributed by atoms with Crippen LogP contribution < -0.4 is 0 Å². The smallest absolute Gasteiger partial charge is 0.0802 e. The minimum absolute atomic E-state index is 0.354. The molecule has 18 heavy (non-hydrogen) atoms. The van der Waals surface area contributed by atoms with Gasteiger partial charge in [0.05, 0.1) is 19.3 Å². The Morgan fingerprint density at radius 1 is 1.22 bits per heavy atom. The lowest BCUT2D eigenvalue weighted by Crippen LogP contribution is -2.37. The molecular weight excluding hydrogens is 226 g/mol. The van der Waals surface area contributed by atoms with E-state index in [-0.39, 0.29) is 6.10 Å². The third kappa shape index (κ3) is 3.55. The Balaban J connectivity index is 1.86. The third-order valence-electron chi connectivity index (χ3n) is 3.74. The van der Waals surface area contributed by atoms with E-state index in [1.54, 1.807) is 0 Å². The lowest BCUT2D eigenvalue weighted by molar-refractivity contribution is 0.0300. The van der Waals surface area contributed by atoms with Crippen molar-refractivity contribution in [3.8, 4) is 0 Å². The molecule has 0 bridgehead atoms. The van der Waals surface area contributed by atoms with Gasteiger partial charge in [0.25, 0.3) is 0 Å². The summed E-state index contributed by atoms with van der Waals surface area (Å²) in [6, 6.07) is 6.22. The molecule has 1 aromatic rings. The molecule has 3 nitrogen and oxygen atoms in total. The summed E-state index contributed by atoms with van der Waals surface area (Å²) < 4.78 is 5.32. The number of morpholine rings is 1.